The Morgan fingerprint density at radius 1 is 1.40 bits per heavy atom. The van der Waals surface area contributed by atoms with Gasteiger partial charge in [0.25, 0.3) is 5.91 Å². The van der Waals surface area contributed by atoms with Crippen molar-refractivity contribution in [1.82, 2.24) is 5.32 Å². The standard InChI is InChI=1S/C10H13NO3S/c1-8-3-5-9(6-4-8)10(12)11-7-15(13)14-2/h3-6H,7H2,1-2H3,(H,11,12). The first-order valence-corrected chi connectivity index (χ1v) is 5.65. The third-order valence-corrected chi connectivity index (χ3v) is 2.60. The lowest BCUT2D eigenvalue weighted by atomic mass is 10.1. The number of hydrogen-bond donors (Lipinski definition) is 1. The van der Waals surface area contributed by atoms with Gasteiger partial charge in [0.05, 0.1) is 7.11 Å². The number of nitrogens with one attached hydrogen (secondary N) is 1. The van der Waals surface area contributed by atoms with Crippen LogP contribution >= 0.6 is 0 Å². The van der Waals surface area contributed by atoms with E-state index in [-0.39, 0.29) is 11.8 Å². The molecule has 1 amide bonds. The van der Waals surface area contributed by atoms with Gasteiger partial charge < -0.3 is 5.32 Å². The van der Waals surface area contributed by atoms with Crippen LogP contribution in [0.5, 0.6) is 0 Å². The summed E-state index contributed by atoms with van der Waals surface area (Å²) in [4.78, 5) is 11.5. The van der Waals surface area contributed by atoms with Gasteiger partial charge in [0.1, 0.15) is 5.88 Å². The molecule has 0 saturated carbocycles. The lowest BCUT2D eigenvalue weighted by Gasteiger charge is -2.03. The van der Waals surface area contributed by atoms with Crippen molar-refractivity contribution < 1.29 is 13.2 Å². The van der Waals surface area contributed by atoms with Gasteiger partial charge in [0.15, 0.2) is 11.1 Å². The van der Waals surface area contributed by atoms with Crippen molar-refractivity contribution in [3.63, 3.8) is 0 Å². The zero-order valence-corrected chi connectivity index (χ0v) is 9.47. The first kappa shape index (κ1) is 11.9. The second-order valence-electron chi connectivity index (χ2n) is 2.99. The van der Waals surface area contributed by atoms with Crippen LogP contribution in [0.1, 0.15) is 15.9 Å². The smallest absolute Gasteiger partial charge is 0.252 e. The molecule has 0 aliphatic carbocycles. The average molecular weight is 227 g/mol. The number of rotatable bonds is 4. The zero-order valence-electron chi connectivity index (χ0n) is 8.65. The van der Waals surface area contributed by atoms with Crippen LogP contribution in [0.15, 0.2) is 24.3 Å². The number of aryl methyl sites for hydroxylation is 1. The highest BCUT2D eigenvalue weighted by Gasteiger charge is 2.05. The van der Waals surface area contributed by atoms with Crippen molar-refractivity contribution in [1.29, 1.82) is 0 Å². The molecule has 1 atom stereocenters. The third kappa shape index (κ3) is 3.81. The molecule has 0 bridgehead atoms. The molecule has 0 spiro atoms. The maximum absolute atomic E-state index is 11.5. The summed E-state index contributed by atoms with van der Waals surface area (Å²) in [6, 6.07) is 7.14. The minimum atomic E-state index is -1.46. The molecular formula is C10H13NO3S. The predicted molar refractivity (Wildman–Crippen MR) is 58.7 cm³/mol. The van der Waals surface area contributed by atoms with Gasteiger partial charge in [-0.05, 0) is 19.1 Å². The molecule has 0 aliphatic rings. The van der Waals surface area contributed by atoms with Crippen molar-refractivity contribution in [3.05, 3.63) is 35.4 Å². The lowest BCUT2D eigenvalue weighted by Crippen LogP contribution is -2.27. The highest BCUT2D eigenvalue weighted by atomic mass is 32.2. The summed E-state index contributed by atoms with van der Waals surface area (Å²) in [7, 11) is 1.33. The van der Waals surface area contributed by atoms with Gasteiger partial charge in [0, 0.05) is 5.56 Å². The largest absolute Gasteiger partial charge is 0.338 e. The van der Waals surface area contributed by atoms with E-state index < -0.39 is 11.1 Å². The highest BCUT2D eigenvalue weighted by molar-refractivity contribution is 7.80. The molecule has 15 heavy (non-hydrogen) atoms. The average Bonchev–Trinajstić information content (AvgIpc) is 2.26. The van der Waals surface area contributed by atoms with E-state index in [9.17, 15) is 9.00 Å². The molecule has 5 heteroatoms. The Labute approximate surface area is 91.3 Å². The minimum absolute atomic E-state index is 0.00318. The number of hydrogen-bond acceptors (Lipinski definition) is 3. The summed E-state index contributed by atoms with van der Waals surface area (Å²) in [6.45, 7) is 1.95. The third-order valence-electron chi connectivity index (χ3n) is 1.85. The SMILES string of the molecule is COS(=O)CNC(=O)c1ccc(C)cc1. The lowest BCUT2D eigenvalue weighted by molar-refractivity contribution is 0.0959. The second kappa shape index (κ2) is 5.63. The Kier molecular flexibility index (Phi) is 4.45. The van der Waals surface area contributed by atoms with E-state index in [0.717, 1.165) is 5.56 Å². The Bertz CT molecular complexity index is 361. The molecule has 1 aromatic carbocycles. The summed E-state index contributed by atoms with van der Waals surface area (Å²) < 4.78 is 15.4. The van der Waals surface area contributed by atoms with Crippen molar-refractivity contribution in [2.24, 2.45) is 0 Å². The van der Waals surface area contributed by atoms with E-state index in [0.29, 0.717) is 5.56 Å². The van der Waals surface area contributed by atoms with Crippen LogP contribution in [-0.4, -0.2) is 23.1 Å². The second-order valence-corrected chi connectivity index (χ2v) is 4.22. The monoisotopic (exact) mass is 227 g/mol. The summed E-state index contributed by atoms with van der Waals surface area (Å²) in [5, 5.41) is 2.51. The molecule has 0 fully saturated rings. The molecule has 4 nitrogen and oxygen atoms in total. The number of amides is 1. The van der Waals surface area contributed by atoms with E-state index in [1.807, 2.05) is 19.1 Å². The van der Waals surface area contributed by atoms with Gasteiger partial charge in [-0.3, -0.25) is 8.98 Å². The Hall–Kier alpha value is -1.20. The Balaban J connectivity index is 2.54. The molecule has 1 unspecified atom stereocenters. The maximum Gasteiger partial charge on any atom is 0.252 e. The topological polar surface area (TPSA) is 55.4 Å². The summed E-state index contributed by atoms with van der Waals surface area (Å²) in [5.41, 5.74) is 1.64. The minimum Gasteiger partial charge on any atom is -0.338 e. The van der Waals surface area contributed by atoms with Crippen LogP contribution < -0.4 is 5.32 Å². The van der Waals surface area contributed by atoms with E-state index >= 15 is 0 Å². The molecule has 82 valence electrons. The van der Waals surface area contributed by atoms with Gasteiger partial charge in [0.2, 0.25) is 0 Å². The fraction of sp³-hybridized carbons (Fsp3) is 0.300. The molecular weight excluding hydrogens is 214 g/mol. The quantitative estimate of drug-likeness (QED) is 0.834. The molecule has 0 aromatic heterocycles. The van der Waals surface area contributed by atoms with Gasteiger partial charge in [-0.2, -0.15) is 0 Å². The molecule has 1 aromatic rings. The summed E-state index contributed by atoms with van der Waals surface area (Å²) in [5.74, 6) is -0.246. The number of carbonyl (C=O) groups is 1. The zero-order chi connectivity index (χ0) is 11.3. The summed E-state index contributed by atoms with van der Waals surface area (Å²) >= 11 is -1.46. The van der Waals surface area contributed by atoms with E-state index in [1.54, 1.807) is 12.1 Å². The van der Waals surface area contributed by atoms with Crippen LogP contribution in [0, 0.1) is 6.92 Å². The molecule has 1 rings (SSSR count). The van der Waals surface area contributed by atoms with Crippen molar-refractivity contribution in [2.75, 3.05) is 13.0 Å². The van der Waals surface area contributed by atoms with Crippen molar-refractivity contribution in [2.45, 2.75) is 6.92 Å². The van der Waals surface area contributed by atoms with Gasteiger partial charge in [-0.1, -0.05) is 17.7 Å². The first-order valence-electron chi connectivity index (χ1n) is 4.41. The number of benzene rings is 1. The van der Waals surface area contributed by atoms with Crippen molar-refractivity contribution >= 4 is 17.0 Å². The fourth-order valence-electron chi connectivity index (χ4n) is 0.990. The normalized spacial score (nSPS) is 12.1. The predicted octanol–water partition coefficient (Wildman–Crippen LogP) is 0.992. The molecule has 0 saturated heterocycles. The first-order chi connectivity index (χ1) is 7.13. The van der Waals surface area contributed by atoms with E-state index in [2.05, 4.69) is 9.50 Å². The fourth-order valence-corrected chi connectivity index (χ4v) is 1.36. The number of carbonyl (C=O) groups excluding carboxylic acids is 1. The van der Waals surface area contributed by atoms with Crippen LogP contribution in [0.2, 0.25) is 0 Å². The molecule has 1 N–H and O–H groups in total. The Morgan fingerprint density at radius 3 is 2.53 bits per heavy atom. The highest BCUT2D eigenvalue weighted by Crippen LogP contribution is 2.02. The molecule has 0 radical (unpaired) electrons. The van der Waals surface area contributed by atoms with Crippen LogP contribution in [-0.2, 0) is 15.3 Å². The van der Waals surface area contributed by atoms with Gasteiger partial charge in [-0.15, -0.1) is 0 Å². The summed E-state index contributed by atoms with van der Waals surface area (Å²) in [6.07, 6.45) is 0. The van der Waals surface area contributed by atoms with Crippen molar-refractivity contribution in [3.8, 4) is 0 Å². The maximum atomic E-state index is 11.5. The van der Waals surface area contributed by atoms with Crippen LogP contribution in [0.4, 0.5) is 0 Å². The Morgan fingerprint density at radius 2 is 2.00 bits per heavy atom. The van der Waals surface area contributed by atoms with Crippen LogP contribution in [0.25, 0.3) is 0 Å². The molecule has 0 aliphatic heterocycles. The van der Waals surface area contributed by atoms with E-state index in [4.69, 9.17) is 0 Å². The molecule has 0 heterocycles. The van der Waals surface area contributed by atoms with Crippen LogP contribution in [0.3, 0.4) is 0 Å². The van der Waals surface area contributed by atoms with Gasteiger partial charge in [-0.25, -0.2) is 4.21 Å². The van der Waals surface area contributed by atoms with E-state index in [1.165, 1.54) is 7.11 Å². The van der Waals surface area contributed by atoms with Gasteiger partial charge >= 0.3 is 0 Å².